The largest absolute Gasteiger partial charge is 0.328 e. The number of benzene rings is 1. The van der Waals surface area contributed by atoms with Gasteiger partial charge in [0.25, 0.3) is 5.56 Å². The maximum atomic E-state index is 12.5. The van der Waals surface area contributed by atoms with Gasteiger partial charge in [0.2, 0.25) is 11.9 Å². The van der Waals surface area contributed by atoms with Gasteiger partial charge in [0.05, 0.1) is 12.1 Å². The van der Waals surface area contributed by atoms with Gasteiger partial charge in [0.1, 0.15) is 5.82 Å². The SMILES string of the molecule is CCc1cc(=O)nc(-n2nc(C)cc2NC(=O)Cc2ccccc2C)[nH]1. The van der Waals surface area contributed by atoms with Crippen LogP contribution in [-0.4, -0.2) is 25.7 Å². The molecule has 0 aliphatic carbocycles. The molecule has 0 aliphatic heterocycles. The molecular weight excluding hydrogens is 330 g/mol. The van der Waals surface area contributed by atoms with Gasteiger partial charge in [-0.1, -0.05) is 31.2 Å². The summed E-state index contributed by atoms with van der Waals surface area (Å²) >= 11 is 0. The Labute approximate surface area is 151 Å². The third-order valence-electron chi connectivity index (χ3n) is 4.08. The lowest BCUT2D eigenvalue weighted by molar-refractivity contribution is -0.115. The summed E-state index contributed by atoms with van der Waals surface area (Å²) in [6.45, 7) is 5.73. The van der Waals surface area contributed by atoms with Crippen LogP contribution in [0.5, 0.6) is 0 Å². The highest BCUT2D eigenvalue weighted by Crippen LogP contribution is 2.15. The first kappa shape index (κ1) is 17.6. The minimum Gasteiger partial charge on any atom is -0.328 e. The maximum absolute atomic E-state index is 12.5. The highest BCUT2D eigenvalue weighted by molar-refractivity contribution is 5.91. The van der Waals surface area contributed by atoms with E-state index in [4.69, 9.17) is 0 Å². The van der Waals surface area contributed by atoms with Gasteiger partial charge in [-0.2, -0.15) is 14.8 Å². The lowest BCUT2D eigenvalue weighted by Crippen LogP contribution is -2.20. The number of anilines is 1. The number of H-pyrrole nitrogens is 1. The van der Waals surface area contributed by atoms with E-state index in [1.807, 2.05) is 45.0 Å². The number of nitrogens with one attached hydrogen (secondary N) is 2. The van der Waals surface area contributed by atoms with Crippen LogP contribution in [0.3, 0.4) is 0 Å². The number of hydrogen-bond acceptors (Lipinski definition) is 4. The Morgan fingerprint density at radius 3 is 2.73 bits per heavy atom. The standard InChI is InChI=1S/C19H21N5O2/c1-4-15-11-18(26)22-19(20-15)24-16(9-13(3)23-24)21-17(25)10-14-8-6-5-7-12(14)2/h5-9,11H,4,10H2,1-3H3,(H,21,25)(H,20,22,26). The van der Waals surface area contributed by atoms with E-state index in [0.29, 0.717) is 17.9 Å². The zero-order chi connectivity index (χ0) is 18.7. The minimum atomic E-state index is -0.346. The van der Waals surface area contributed by atoms with Crippen LogP contribution in [0, 0.1) is 13.8 Å². The molecule has 2 N–H and O–H groups in total. The van der Waals surface area contributed by atoms with Gasteiger partial charge in [0, 0.05) is 17.8 Å². The minimum absolute atomic E-state index is 0.158. The Bertz CT molecular complexity index is 1000. The molecule has 3 rings (SSSR count). The molecule has 26 heavy (non-hydrogen) atoms. The molecule has 1 aromatic carbocycles. The van der Waals surface area contributed by atoms with E-state index in [1.165, 1.54) is 10.7 Å². The van der Waals surface area contributed by atoms with Crippen molar-refractivity contribution in [1.82, 2.24) is 19.7 Å². The van der Waals surface area contributed by atoms with E-state index in [1.54, 1.807) is 6.07 Å². The van der Waals surface area contributed by atoms with Crippen LogP contribution >= 0.6 is 0 Å². The molecule has 7 heteroatoms. The fraction of sp³-hybridized carbons (Fsp3) is 0.263. The fourth-order valence-electron chi connectivity index (χ4n) is 2.70. The molecule has 2 heterocycles. The number of nitrogens with zero attached hydrogens (tertiary/aromatic N) is 3. The summed E-state index contributed by atoms with van der Waals surface area (Å²) < 4.78 is 1.45. The first-order valence-electron chi connectivity index (χ1n) is 8.48. The molecule has 0 aliphatic rings. The van der Waals surface area contributed by atoms with Crippen molar-refractivity contribution < 1.29 is 4.79 Å². The summed E-state index contributed by atoms with van der Waals surface area (Å²) in [5, 5.41) is 7.21. The Morgan fingerprint density at radius 2 is 2.00 bits per heavy atom. The molecule has 134 valence electrons. The van der Waals surface area contributed by atoms with Crippen LogP contribution in [0.15, 0.2) is 41.2 Å². The number of rotatable bonds is 5. The maximum Gasteiger partial charge on any atom is 0.274 e. The molecule has 0 saturated heterocycles. The molecule has 0 saturated carbocycles. The summed E-state index contributed by atoms with van der Waals surface area (Å²) in [6, 6.07) is 11.0. The average molecular weight is 351 g/mol. The van der Waals surface area contributed by atoms with Gasteiger partial charge in [-0.15, -0.1) is 0 Å². The first-order valence-corrected chi connectivity index (χ1v) is 8.48. The number of amides is 1. The molecule has 0 radical (unpaired) electrons. The van der Waals surface area contributed by atoms with Crippen LogP contribution in [0.4, 0.5) is 5.82 Å². The number of carbonyl (C=O) groups is 1. The van der Waals surface area contributed by atoms with E-state index in [-0.39, 0.29) is 23.8 Å². The molecular formula is C19H21N5O2. The number of aryl methyl sites for hydroxylation is 3. The van der Waals surface area contributed by atoms with E-state index >= 15 is 0 Å². The summed E-state index contributed by atoms with van der Waals surface area (Å²) in [6.07, 6.45) is 0.926. The van der Waals surface area contributed by atoms with E-state index in [0.717, 1.165) is 16.8 Å². The second-order valence-corrected chi connectivity index (χ2v) is 6.16. The quantitative estimate of drug-likeness (QED) is 0.738. The molecule has 0 fully saturated rings. The van der Waals surface area contributed by atoms with Crippen molar-refractivity contribution in [3.8, 4) is 5.95 Å². The normalized spacial score (nSPS) is 10.7. The topological polar surface area (TPSA) is 92.7 Å². The van der Waals surface area contributed by atoms with Gasteiger partial charge >= 0.3 is 0 Å². The molecule has 3 aromatic rings. The lowest BCUT2D eigenvalue weighted by atomic mass is 10.1. The van der Waals surface area contributed by atoms with E-state index < -0.39 is 0 Å². The molecule has 0 bridgehead atoms. The molecule has 0 atom stereocenters. The Kier molecular flexibility index (Phi) is 4.97. The van der Waals surface area contributed by atoms with Crippen molar-refractivity contribution in [1.29, 1.82) is 0 Å². The molecule has 1 amide bonds. The van der Waals surface area contributed by atoms with Crippen LogP contribution in [0.2, 0.25) is 0 Å². The van der Waals surface area contributed by atoms with Crippen molar-refractivity contribution in [3.63, 3.8) is 0 Å². The Hall–Kier alpha value is -3.22. The van der Waals surface area contributed by atoms with E-state index in [2.05, 4.69) is 20.4 Å². The van der Waals surface area contributed by atoms with Crippen molar-refractivity contribution in [2.45, 2.75) is 33.6 Å². The predicted molar refractivity (Wildman–Crippen MR) is 99.6 cm³/mol. The molecule has 0 spiro atoms. The number of aromatic nitrogens is 4. The van der Waals surface area contributed by atoms with Crippen LogP contribution in [0.1, 0.15) is 29.4 Å². The summed E-state index contributed by atoms with van der Waals surface area (Å²) in [4.78, 5) is 31.3. The Balaban J connectivity index is 1.88. The zero-order valence-electron chi connectivity index (χ0n) is 15.0. The monoisotopic (exact) mass is 351 g/mol. The fourth-order valence-corrected chi connectivity index (χ4v) is 2.70. The zero-order valence-corrected chi connectivity index (χ0v) is 15.0. The van der Waals surface area contributed by atoms with Crippen LogP contribution in [-0.2, 0) is 17.6 Å². The van der Waals surface area contributed by atoms with Crippen molar-refractivity contribution in [3.05, 3.63) is 69.3 Å². The summed E-state index contributed by atoms with van der Waals surface area (Å²) in [5.74, 6) is 0.598. The van der Waals surface area contributed by atoms with Gasteiger partial charge < -0.3 is 10.3 Å². The number of aromatic amines is 1. The third kappa shape index (κ3) is 3.88. The van der Waals surface area contributed by atoms with Crippen LogP contribution in [0.25, 0.3) is 5.95 Å². The van der Waals surface area contributed by atoms with Gasteiger partial charge in [-0.05, 0) is 31.4 Å². The van der Waals surface area contributed by atoms with Crippen LogP contribution < -0.4 is 10.9 Å². The van der Waals surface area contributed by atoms with Gasteiger partial charge in [-0.25, -0.2) is 0 Å². The summed E-state index contributed by atoms with van der Waals surface area (Å²) in [5.41, 5.74) is 3.15. The molecule has 7 nitrogen and oxygen atoms in total. The number of carbonyl (C=O) groups excluding carboxylic acids is 1. The molecule has 0 unspecified atom stereocenters. The predicted octanol–water partition coefficient (Wildman–Crippen LogP) is 2.32. The second-order valence-electron chi connectivity index (χ2n) is 6.16. The lowest BCUT2D eigenvalue weighted by Gasteiger charge is -2.10. The van der Waals surface area contributed by atoms with E-state index in [9.17, 15) is 9.59 Å². The smallest absolute Gasteiger partial charge is 0.274 e. The van der Waals surface area contributed by atoms with Gasteiger partial charge in [-0.3, -0.25) is 9.59 Å². The highest BCUT2D eigenvalue weighted by Gasteiger charge is 2.14. The highest BCUT2D eigenvalue weighted by atomic mass is 16.1. The Morgan fingerprint density at radius 1 is 1.23 bits per heavy atom. The van der Waals surface area contributed by atoms with Crippen molar-refractivity contribution in [2.75, 3.05) is 5.32 Å². The summed E-state index contributed by atoms with van der Waals surface area (Å²) in [7, 11) is 0. The second kappa shape index (κ2) is 7.35. The van der Waals surface area contributed by atoms with Crippen molar-refractivity contribution in [2.24, 2.45) is 0 Å². The van der Waals surface area contributed by atoms with Gasteiger partial charge in [0.15, 0.2) is 0 Å². The molecule has 2 aromatic heterocycles. The first-order chi connectivity index (χ1) is 12.5. The third-order valence-corrected chi connectivity index (χ3v) is 4.08. The van der Waals surface area contributed by atoms with Crippen molar-refractivity contribution >= 4 is 11.7 Å². The number of hydrogen-bond donors (Lipinski definition) is 2. The average Bonchev–Trinajstić information content (AvgIpc) is 2.96.